The van der Waals surface area contributed by atoms with Crippen molar-refractivity contribution in [3.8, 4) is 0 Å². The lowest BCUT2D eigenvalue weighted by atomic mass is 9.90. The summed E-state index contributed by atoms with van der Waals surface area (Å²) in [5.41, 5.74) is 1.54. The monoisotopic (exact) mass is 296 g/mol. The number of pyridine rings is 1. The minimum Gasteiger partial charge on any atom is -0.290 e. The Bertz CT molecular complexity index is 412. The molecule has 0 fully saturated rings. The molecule has 1 rings (SSSR count). The number of hydrogen-bond acceptors (Lipinski definition) is 2. The molecule has 0 spiro atoms. The first kappa shape index (κ1) is 17.5. The van der Waals surface area contributed by atoms with Gasteiger partial charge in [0.2, 0.25) is 0 Å². The van der Waals surface area contributed by atoms with E-state index in [-0.39, 0.29) is 11.6 Å². The summed E-state index contributed by atoms with van der Waals surface area (Å²) in [5.74, 6) is 0. The predicted molar refractivity (Wildman–Crippen MR) is 88.2 cm³/mol. The Kier molecular flexibility index (Phi) is 5.62. The number of nitrogens with zero attached hydrogens (tertiary/aromatic N) is 2. The van der Waals surface area contributed by atoms with Crippen molar-refractivity contribution in [3.63, 3.8) is 0 Å². The minimum atomic E-state index is 0.117. The van der Waals surface area contributed by atoms with Gasteiger partial charge < -0.3 is 0 Å². The van der Waals surface area contributed by atoms with Crippen LogP contribution in [-0.2, 0) is 0 Å². The molecule has 0 aromatic carbocycles. The lowest BCUT2D eigenvalue weighted by Gasteiger charge is -2.41. The van der Waals surface area contributed by atoms with Gasteiger partial charge in [-0.1, -0.05) is 32.4 Å². The zero-order valence-corrected chi connectivity index (χ0v) is 14.8. The molecule has 114 valence electrons. The maximum Gasteiger partial charge on any atom is 0.0589 e. The van der Waals surface area contributed by atoms with Crippen LogP contribution in [0, 0.1) is 5.41 Å². The van der Waals surface area contributed by atoms with Gasteiger partial charge in [0.05, 0.1) is 10.7 Å². The van der Waals surface area contributed by atoms with E-state index in [0.29, 0.717) is 10.4 Å². The van der Waals surface area contributed by atoms with Crippen molar-refractivity contribution in [2.24, 2.45) is 5.41 Å². The molecule has 1 heterocycles. The highest BCUT2D eigenvalue weighted by Crippen LogP contribution is 2.30. The summed E-state index contributed by atoms with van der Waals surface area (Å²) >= 11 is 5.93. The molecule has 0 saturated carbocycles. The molecular formula is C17H29ClN2. The van der Waals surface area contributed by atoms with Crippen LogP contribution in [0.3, 0.4) is 0 Å². The van der Waals surface area contributed by atoms with Gasteiger partial charge in [-0.05, 0) is 58.2 Å². The molecule has 0 amide bonds. The second-order valence-corrected chi connectivity index (χ2v) is 8.19. The van der Waals surface area contributed by atoms with Crippen molar-refractivity contribution in [1.29, 1.82) is 0 Å². The van der Waals surface area contributed by atoms with Gasteiger partial charge in [-0.3, -0.25) is 9.88 Å². The zero-order chi connectivity index (χ0) is 15.6. The first-order valence-electron chi connectivity index (χ1n) is 7.39. The SMILES string of the molecule is CC(c1ccc(Cl)cn1)N(CCC(C)(C)C)C(C)(C)C. The third-order valence-corrected chi connectivity index (χ3v) is 3.83. The van der Waals surface area contributed by atoms with E-state index in [4.69, 9.17) is 11.6 Å². The number of hydrogen-bond donors (Lipinski definition) is 0. The number of halogens is 1. The summed E-state index contributed by atoms with van der Waals surface area (Å²) in [5, 5.41) is 0.693. The minimum absolute atomic E-state index is 0.117. The molecule has 1 aromatic heterocycles. The standard InChI is InChI=1S/C17H29ClN2/c1-13(15-9-8-14(18)12-19-15)20(17(5,6)7)11-10-16(2,3)4/h8-9,12-13H,10-11H2,1-7H3. The van der Waals surface area contributed by atoms with E-state index < -0.39 is 0 Å². The third-order valence-electron chi connectivity index (χ3n) is 3.61. The second-order valence-electron chi connectivity index (χ2n) is 7.75. The topological polar surface area (TPSA) is 16.1 Å². The Morgan fingerprint density at radius 1 is 1.15 bits per heavy atom. The van der Waals surface area contributed by atoms with Gasteiger partial charge in [-0.25, -0.2) is 0 Å². The van der Waals surface area contributed by atoms with Crippen LogP contribution in [0.1, 0.15) is 66.6 Å². The van der Waals surface area contributed by atoms with E-state index in [9.17, 15) is 0 Å². The number of rotatable bonds is 4. The van der Waals surface area contributed by atoms with E-state index in [1.165, 1.54) is 6.42 Å². The van der Waals surface area contributed by atoms with Gasteiger partial charge in [0.15, 0.2) is 0 Å². The van der Waals surface area contributed by atoms with Crippen molar-refractivity contribution >= 4 is 11.6 Å². The van der Waals surface area contributed by atoms with Crippen LogP contribution >= 0.6 is 11.6 Å². The molecule has 0 radical (unpaired) electrons. The van der Waals surface area contributed by atoms with E-state index in [1.807, 2.05) is 12.1 Å². The normalized spacial score (nSPS) is 14.7. The molecule has 1 aromatic rings. The highest BCUT2D eigenvalue weighted by molar-refractivity contribution is 6.30. The van der Waals surface area contributed by atoms with Crippen molar-refractivity contribution in [2.45, 2.75) is 66.5 Å². The van der Waals surface area contributed by atoms with Crippen LogP contribution in [0.15, 0.2) is 18.3 Å². The average Bonchev–Trinajstić information content (AvgIpc) is 2.26. The Labute approximate surface area is 129 Å². The van der Waals surface area contributed by atoms with Crippen molar-refractivity contribution in [1.82, 2.24) is 9.88 Å². The summed E-state index contributed by atoms with van der Waals surface area (Å²) < 4.78 is 0. The van der Waals surface area contributed by atoms with Crippen LogP contribution < -0.4 is 0 Å². The van der Waals surface area contributed by atoms with E-state index in [2.05, 4.69) is 58.4 Å². The fourth-order valence-electron chi connectivity index (χ4n) is 2.36. The van der Waals surface area contributed by atoms with Crippen LogP contribution in [0.5, 0.6) is 0 Å². The molecule has 3 heteroatoms. The quantitative estimate of drug-likeness (QED) is 0.746. The number of aromatic nitrogens is 1. The third kappa shape index (κ3) is 5.41. The summed E-state index contributed by atoms with van der Waals surface area (Å²) in [6.45, 7) is 17.0. The molecule has 0 bridgehead atoms. The molecule has 0 aliphatic rings. The van der Waals surface area contributed by atoms with Crippen LogP contribution in [0.2, 0.25) is 5.02 Å². The van der Waals surface area contributed by atoms with Crippen molar-refractivity contribution in [2.75, 3.05) is 6.54 Å². The maximum absolute atomic E-state index is 5.93. The molecule has 1 atom stereocenters. The molecule has 0 aliphatic heterocycles. The summed E-state index contributed by atoms with van der Waals surface area (Å²) in [7, 11) is 0. The Morgan fingerprint density at radius 2 is 1.75 bits per heavy atom. The van der Waals surface area contributed by atoms with E-state index >= 15 is 0 Å². The molecule has 20 heavy (non-hydrogen) atoms. The second kappa shape index (κ2) is 6.44. The first-order chi connectivity index (χ1) is 9.00. The molecule has 2 nitrogen and oxygen atoms in total. The molecule has 1 unspecified atom stereocenters. The predicted octanol–water partition coefficient (Wildman–Crippen LogP) is 5.33. The van der Waals surface area contributed by atoms with Crippen LogP contribution in [-0.4, -0.2) is 22.0 Å². The maximum atomic E-state index is 5.93. The van der Waals surface area contributed by atoms with Gasteiger partial charge in [-0.15, -0.1) is 0 Å². The Morgan fingerprint density at radius 3 is 2.15 bits per heavy atom. The van der Waals surface area contributed by atoms with E-state index in [0.717, 1.165) is 12.2 Å². The molecule has 0 aliphatic carbocycles. The lowest BCUT2D eigenvalue weighted by Crippen LogP contribution is -2.44. The van der Waals surface area contributed by atoms with Gasteiger partial charge in [-0.2, -0.15) is 0 Å². The summed E-state index contributed by atoms with van der Waals surface area (Å²) in [6.07, 6.45) is 2.90. The highest BCUT2D eigenvalue weighted by Gasteiger charge is 2.28. The smallest absolute Gasteiger partial charge is 0.0589 e. The van der Waals surface area contributed by atoms with Gasteiger partial charge in [0.25, 0.3) is 0 Å². The fraction of sp³-hybridized carbons (Fsp3) is 0.706. The van der Waals surface area contributed by atoms with Crippen molar-refractivity contribution in [3.05, 3.63) is 29.0 Å². The average molecular weight is 297 g/mol. The van der Waals surface area contributed by atoms with Gasteiger partial charge in [0, 0.05) is 17.8 Å². The Balaban J connectivity index is 2.90. The molecule has 0 N–H and O–H groups in total. The lowest BCUT2D eigenvalue weighted by molar-refractivity contribution is 0.0742. The fourth-order valence-corrected chi connectivity index (χ4v) is 2.47. The highest BCUT2D eigenvalue weighted by atomic mass is 35.5. The summed E-state index contributed by atoms with van der Waals surface area (Å²) in [6, 6.07) is 4.24. The van der Waals surface area contributed by atoms with Gasteiger partial charge >= 0.3 is 0 Å². The molecular weight excluding hydrogens is 268 g/mol. The Hall–Kier alpha value is -0.600. The van der Waals surface area contributed by atoms with Crippen molar-refractivity contribution < 1.29 is 0 Å². The zero-order valence-electron chi connectivity index (χ0n) is 14.0. The van der Waals surface area contributed by atoms with Crippen LogP contribution in [0.25, 0.3) is 0 Å². The largest absolute Gasteiger partial charge is 0.290 e. The molecule has 0 saturated heterocycles. The van der Waals surface area contributed by atoms with Crippen LogP contribution in [0.4, 0.5) is 0 Å². The van der Waals surface area contributed by atoms with E-state index in [1.54, 1.807) is 6.20 Å². The summed E-state index contributed by atoms with van der Waals surface area (Å²) in [4.78, 5) is 7.01. The first-order valence-corrected chi connectivity index (χ1v) is 7.77. The van der Waals surface area contributed by atoms with Gasteiger partial charge in [0.1, 0.15) is 0 Å².